The van der Waals surface area contributed by atoms with Crippen molar-refractivity contribution in [2.24, 2.45) is 5.73 Å². The first-order valence-electron chi connectivity index (χ1n) is 20.1. The molecule has 2 heterocycles. The van der Waals surface area contributed by atoms with Crippen LogP contribution in [0, 0.1) is 0 Å². The first kappa shape index (κ1) is 53.3. The molecule has 0 aliphatic carbocycles. The number of esters is 1. The van der Waals surface area contributed by atoms with Crippen LogP contribution in [-0.2, 0) is 59.6 Å². The third-order valence-corrected chi connectivity index (χ3v) is 8.25. The summed E-state index contributed by atoms with van der Waals surface area (Å²) in [5, 5.41) is 39.9. The van der Waals surface area contributed by atoms with E-state index < -0.39 is 41.3 Å². The highest BCUT2D eigenvalue weighted by atomic mass is 35.5. The third kappa shape index (κ3) is 21.2. The second kappa shape index (κ2) is 28.0. The van der Waals surface area contributed by atoms with Gasteiger partial charge in [-0.15, -0.1) is 22.6 Å². The molecule has 0 aliphatic heterocycles. The molecule has 6 N–H and O–H groups in total. The zero-order valence-electron chi connectivity index (χ0n) is 36.6. The molecule has 348 valence electrons. The average Bonchev–Trinajstić information content (AvgIpc) is 3.89. The molecule has 2 aromatic heterocycles. The van der Waals surface area contributed by atoms with Gasteiger partial charge in [-0.2, -0.15) is 0 Å². The second-order valence-corrected chi connectivity index (χ2v) is 15.2. The van der Waals surface area contributed by atoms with E-state index in [1.54, 1.807) is 34.6 Å². The van der Waals surface area contributed by atoms with Crippen LogP contribution in [0.2, 0.25) is 0 Å². The molecule has 0 unspecified atom stereocenters. The number of aliphatic hydroxyl groups excluding tert-OH is 1. The van der Waals surface area contributed by atoms with Gasteiger partial charge in [0.1, 0.15) is 30.4 Å². The number of ether oxygens (including phenoxy) is 5. The Labute approximate surface area is 372 Å². The molecule has 0 radical (unpaired) electrons. The first-order valence-corrected chi connectivity index (χ1v) is 20.1. The van der Waals surface area contributed by atoms with Gasteiger partial charge in [0.05, 0.1) is 45.6 Å². The Balaban J connectivity index is 0.000000500. The van der Waals surface area contributed by atoms with Crippen LogP contribution in [0.5, 0.6) is 0 Å². The average molecular weight is 905 g/mol. The number of nitrogens with zero attached hydrogens (tertiary/aromatic N) is 8. The number of benzene rings is 2. The van der Waals surface area contributed by atoms with Crippen molar-refractivity contribution < 1.29 is 48.0 Å². The first-order chi connectivity index (χ1) is 29.6. The Hall–Kier alpha value is -5.81. The van der Waals surface area contributed by atoms with Crippen molar-refractivity contribution in [3.8, 4) is 0 Å². The summed E-state index contributed by atoms with van der Waals surface area (Å²) in [7, 11) is 0. The molecule has 4 rings (SSSR count). The normalized spacial score (nSPS) is 12.1. The van der Waals surface area contributed by atoms with Gasteiger partial charge in [-0.1, -0.05) is 60.7 Å². The number of carbonyl (C=O) groups is 4. The molecular weight excluding hydrogens is 844 g/mol. The number of unbranched alkanes of at least 4 members (excludes halogenated alkanes) is 1. The minimum atomic E-state index is -1.34. The number of aromatic nitrogens is 8. The molecule has 63 heavy (non-hydrogen) atoms. The number of hydrogen-bond acceptors (Lipinski definition) is 17. The number of rotatable bonds is 23. The van der Waals surface area contributed by atoms with E-state index in [1.165, 1.54) is 16.3 Å². The summed E-state index contributed by atoms with van der Waals surface area (Å²) in [6, 6.07) is 18.1. The lowest BCUT2D eigenvalue weighted by Crippen LogP contribution is -2.56. The maximum absolute atomic E-state index is 13.3. The minimum Gasteiger partial charge on any atom is -0.464 e. The standard InChI is InChI=1S/C26H41N7O7.C14H19N5O3.ClH/c1-25(2,3)40-24(37)29-26(4,5)22(35)28-20(18-38-17-19-11-7-6-8-12-19)21-30-31-32-33(21)14-16-39-23(36)27-13-9-10-15-34;1-11(20)22-8-7-19-14(16-17-18-19)13(15)10-21-9-12-5-3-2-4-6-12;/h6-8,11-12,20,34H,9-10,13-18H2,1-5H3,(H,27,36)(H,28,35)(H,29,37);2-6,13H,7-10,15H2,1H3;1H/t20-;13-;/m11./s1. The summed E-state index contributed by atoms with van der Waals surface area (Å²) >= 11 is 0. The minimum absolute atomic E-state index is 0. The van der Waals surface area contributed by atoms with Crippen LogP contribution in [0.1, 0.15) is 89.2 Å². The van der Waals surface area contributed by atoms with E-state index in [1.807, 2.05) is 60.7 Å². The SMILES string of the molecule is CC(=O)OCCn1nnnc1[C@H](N)COCc1ccccc1.CC(C)(C)OC(=O)NC(C)(C)C(=O)N[C@H](COCc1ccccc1)c1nnnn1CCOC(=O)NCCCCO.Cl. The Morgan fingerprint density at radius 3 is 1.86 bits per heavy atom. The van der Waals surface area contributed by atoms with E-state index in [0.717, 1.165) is 11.1 Å². The Bertz CT molecular complexity index is 1930. The molecule has 2 atom stereocenters. The predicted octanol–water partition coefficient (Wildman–Crippen LogP) is 2.72. The van der Waals surface area contributed by atoms with Crippen LogP contribution in [-0.4, -0.2) is 120 Å². The zero-order valence-corrected chi connectivity index (χ0v) is 37.4. The predicted molar refractivity (Wildman–Crippen MR) is 229 cm³/mol. The Morgan fingerprint density at radius 2 is 1.30 bits per heavy atom. The fourth-order valence-electron chi connectivity index (χ4n) is 5.19. The summed E-state index contributed by atoms with van der Waals surface area (Å²) in [5.74, 6) is -0.0773. The zero-order chi connectivity index (χ0) is 45.4. The van der Waals surface area contributed by atoms with Crippen molar-refractivity contribution in [3.05, 3.63) is 83.4 Å². The number of halogens is 1. The number of alkyl carbamates (subject to hydrolysis) is 2. The summed E-state index contributed by atoms with van der Waals surface area (Å²) in [6.45, 7) is 11.8. The molecule has 0 saturated heterocycles. The van der Waals surface area contributed by atoms with Crippen molar-refractivity contribution in [2.75, 3.05) is 39.6 Å². The van der Waals surface area contributed by atoms with Gasteiger partial charge in [0.25, 0.3) is 0 Å². The maximum atomic E-state index is 13.3. The van der Waals surface area contributed by atoms with E-state index in [9.17, 15) is 19.2 Å². The summed E-state index contributed by atoms with van der Waals surface area (Å²) in [5.41, 5.74) is 5.99. The number of carbonyl (C=O) groups excluding carboxylic acids is 4. The van der Waals surface area contributed by atoms with Crippen LogP contribution in [0.3, 0.4) is 0 Å². The van der Waals surface area contributed by atoms with Crippen molar-refractivity contribution in [1.29, 1.82) is 0 Å². The van der Waals surface area contributed by atoms with Crippen LogP contribution in [0.25, 0.3) is 0 Å². The van der Waals surface area contributed by atoms with E-state index in [2.05, 4.69) is 47.0 Å². The monoisotopic (exact) mass is 904 g/mol. The number of tetrazole rings is 2. The lowest BCUT2D eigenvalue weighted by atomic mass is 10.0. The van der Waals surface area contributed by atoms with E-state index in [4.69, 9.17) is 34.5 Å². The van der Waals surface area contributed by atoms with Gasteiger partial charge in [-0.3, -0.25) is 9.59 Å². The molecule has 22 nitrogen and oxygen atoms in total. The summed E-state index contributed by atoms with van der Waals surface area (Å²) in [6.07, 6.45) is -0.121. The molecular formula is C40H61ClN12O10. The number of amides is 3. The fourth-order valence-corrected chi connectivity index (χ4v) is 5.19. The van der Waals surface area contributed by atoms with Crippen LogP contribution in [0.15, 0.2) is 60.7 Å². The molecule has 0 aliphatic rings. The van der Waals surface area contributed by atoms with Crippen LogP contribution >= 0.6 is 12.4 Å². The summed E-state index contributed by atoms with van der Waals surface area (Å²) in [4.78, 5) is 48.2. The van der Waals surface area contributed by atoms with Crippen molar-refractivity contribution in [2.45, 2.75) is 104 Å². The van der Waals surface area contributed by atoms with Gasteiger partial charge < -0.3 is 50.5 Å². The van der Waals surface area contributed by atoms with Gasteiger partial charge in [-0.05, 0) is 79.4 Å². The van der Waals surface area contributed by atoms with Crippen molar-refractivity contribution >= 4 is 36.5 Å². The van der Waals surface area contributed by atoms with Gasteiger partial charge in [0.15, 0.2) is 11.6 Å². The quantitative estimate of drug-likeness (QED) is 0.0406. The van der Waals surface area contributed by atoms with E-state index in [-0.39, 0.29) is 63.8 Å². The highest BCUT2D eigenvalue weighted by Gasteiger charge is 2.34. The smallest absolute Gasteiger partial charge is 0.408 e. The van der Waals surface area contributed by atoms with Gasteiger partial charge in [-0.25, -0.2) is 19.0 Å². The number of hydrogen-bond donors (Lipinski definition) is 5. The summed E-state index contributed by atoms with van der Waals surface area (Å²) < 4.78 is 29.7. The molecule has 0 bridgehead atoms. The Morgan fingerprint density at radius 1 is 0.762 bits per heavy atom. The van der Waals surface area contributed by atoms with Gasteiger partial charge >= 0.3 is 18.2 Å². The molecule has 2 aromatic carbocycles. The molecule has 0 fully saturated rings. The van der Waals surface area contributed by atoms with Gasteiger partial charge in [0.2, 0.25) is 5.91 Å². The maximum Gasteiger partial charge on any atom is 0.408 e. The number of aliphatic hydroxyl groups is 1. The lowest BCUT2D eigenvalue weighted by molar-refractivity contribution is -0.141. The fraction of sp³-hybridized carbons (Fsp3) is 0.550. The van der Waals surface area contributed by atoms with Crippen molar-refractivity contribution in [1.82, 2.24) is 56.4 Å². The molecule has 0 spiro atoms. The largest absolute Gasteiger partial charge is 0.464 e. The molecule has 23 heteroatoms. The lowest BCUT2D eigenvalue weighted by Gasteiger charge is -2.29. The van der Waals surface area contributed by atoms with Crippen LogP contribution < -0.4 is 21.7 Å². The number of nitrogens with one attached hydrogen (secondary N) is 3. The highest BCUT2D eigenvalue weighted by Crippen LogP contribution is 2.16. The van der Waals surface area contributed by atoms with Crippen LogP contribution in [0.4, 0.5) is 9.59 Å². The van der Waals surface area contributed by atoms with E-state index in [0.29, 0.717) is 45.0 Å². The number of nitrogens with two attached hydrogens (primary N) is 1. The topological polar surface area (TPSA) is 284 Å². The Kier molecular flexibility index (Phi) is 23.7. The molecule has 3 amide bonds. The third-order valence-electron chi connectivity index (χ3n) is 8.25. The highest BCUT2D eigenvalue weighted by molar-refractivity contribution is 5.89. The van der Waals surface area contributed by atoms with Gasteiger partial charge in [0, 0.05) is 20.1 Å². The molecule has 4 aromatic rings. The molecule has 0 saturated carbocycles. The van der Waals surface area contributed by atoms with Crippen molar-refractivity contribution in [3.63, 3.8) is 0 Å². The van der Waals surface area contributed by atoms with E-state index >= 15 is 0 Å². The second-order valence-electron chi connectivity index (χ2n) is 15.2.